The van der Waals surface area contributed by atoms with Gasteiger partial charge < -0.3 is 5.32 Å². The number of allylic oxidation sites excluding steroid dienone is 2. The van der Waals surface area contributed by atoms with Crippen LogP contribution in [0.5, 0.6) is 0 Å². The molecular weight excluding hydrogens is 274 g/mol. The maximum atomic E-state index is 12.0. The van der Waals surface area contributed by atoms with E-state index < -0.39 is 0 Å². The molecule has 1 atom stereocenters. The van der Waals surface area contributed by atoms with Gasteiger partial charge in [0.2, 0.25) is 5.91 Å². The highest BCUT2D eigenvalue weighted by atomic mass is 16.1. The van der Waals surface area contributed by atoms with Crippen molar-refractivity contribution in [2.75, 3.05) is 6.54 Å². The third kappa shape index (κ3) is 3.64. The fourth-order valence-electron chi connectivity index (χ4n) is 2.74. The smallest absolute Gasteiger partial charge is 0.223 e. The lowest BCUT2D eigenvalue weighted by molar-refractivity contribution is -0.125. The summed E-state index contributed by atoms with van der Waals surface area (Å²) in [7, 11) is 0. The topological polar surface area (TPSA) is 46.9 Å². The summed E-state index contributed by atoms with van der Waals surface area (Å²) in [6.07, 6.45) is 11.7. The molecule has 1 aliphatic carbocycles. The largest absolute Gasteiger partial charge is 0.356 e. The number of nitrogens with zero attached hydrogens (tertiary/aromatic N) is 2. The number of aromatic nitrogens is 2. The number of hydrogen-bond donors (Lipinski definition) is 1. The molecule has 0 unspecified atom stereocenters. The first-order chi connectivity index (χ1) is 10.8. The van der Waals surface area contributed by atoms with Crippen molar-refractivity contribution in [1.29, 1.82) is 0 Å². The van der Waals surface area contributed by atoms with Gasteiger partial charge in [0.1, 0.15) is 0 Å². The zero-order valence-corrected chi connectivity index (χ0v) is 12.6. The van der Waals surface area contributed by atoms with Crippen molar-refractivity contribution in [3.8, 4) is 5.69 Å². The third-order valence-corrected chi connectivity index (χ3v) is 4.06. The molecule has 0 radical (unpaired) electrons. The predicted molar refractivity (Wildman–Crippen MR) is 86.8 cm³/mol. The van der Waals surface area contributed by atoms with Gasteiger partial charge in [-0.1, -0.05) is 24.3 Å². The normalized spacial score (nSPS) is 17.4. The molecule has 1 N–H and O–H groups in total. The van der Waals surface area contributed by atoms with Crippen LogP contribution in [0.25, 0.3) is 5.69 Å². The van der Waals surface area contributed by atoms with E-state index >= 15 is 0 Å². The van der Waals surface area contributed by atoms with Crippen LogP contribution in [0.1, 0.15) is 24.8 Å². The second-order valence-electron chi connectivity index (χ2n) is 5.64. The molecule has 22 heavy (non-hydrogen) atoms. The first-order valence-electron chi connectivity index (χ1n) is 7.84. The van der Waals surface area contributed by atoms with Gasteiger partial charge in [0.15, 0.2) is 0 Å². The van der Waals surface area contributed by atoms with E-state index in [1.165, 1.54) is 5.56 Å². The quantitative estimate of drug-likeness (QED) is 0.862. The Morgan fingerprint density at radius 3 is 2.82 bits per heavy atom. The number of nitrogens with one attached hydrogen (secondary N) is 1. The van der Waals surface area contributed by atoms with E-state index in [1.54, 1.807) is 6.20 Å². The van der Waals surface area contributed by atoms with Crippen LogP contribution >= 0.6 is 0 Å². The van der Waals surface area contributed by atoms with E-state index in [0.717, 1.165) is 31.4 Å². The predicted octanol–water partition coefficient (Wildman–Crippen LogP) is 2.89. The van der Waals surface area contributed by atoms with Crippen LogP contribution in [0.2, 0.25) is 0 Å². The molecule has 0 aliphatic heterocycles. The fraction of sp³-hybridized carbons (Fsp3) is 0.333. The van der Waals surface area contributed by atoms with Crippen molar-refractivity contribution < 1.29 is 4.79 Å². The maximum absolute atomic E-state index is 12.0. The fourth-order valence-corrected chi connectivity index (χ4v) is 2.74. The monoisotopic (exact) mass is 295 g/mol. The van der Waals surface area contributed by atoms with Gasteiger partial charge in [-0.3, -0.25) is 4.79 Å². The number of amides is 1. The van der Waals surface area contributed by atoms with Crippen LogP contribution in [0, 0.1) is 5.92 Å². The second kappa shape index (κ2) is 7.07. The molecular formula is C18H21N3O. The van der Waals surface area contributed by atoms with Crippen LogP contribution < -0.4 is 5.32 Å². The Morgan fingerprint density at radius 1 is 1.27 bits per heavy atom. The Morgan fingerprint density at radius 2 is 2.14 bits per heavy atom. The molecule has 0 saturated carbocycles. The average molecular weight is 295 g/mol. The Bertz CT molecular complexity index is 629. The zero-order chi connectivity index (χ0) is 15.2. The summed E-state index contributed by atoms with van der Waals surface area (Å²) < 4.78 is 1.84. The van der Waals surface area contributed by atoms with Crippen LogP contribution in [0.15, 0.2) is 54.9 Å². The number of benzene rings is 1. The summed E-state index contributed by atoms with van der Waals surface area (Å²) in [5.41, 5.74) is 2.27. The van der Waals surface area contributed by atoms with E-state index in [2.05, 4.69) is 46.8 Å². The van der Waals surface area contributed by atoms with E-state index in [4.69, 9.17) is 0 Å². The van der Waals surface area contributed by atoms with E-state index in [9.17, 15) is 4.79 Å². The highest BCUT2D eigenvalue weighted by molar-refractivity contribution is 5.78. The van der Waals surface area contributed by atoms with Crippen molar-refractivity contribution >= 4 is 5.91 Å². The van der Waals surface area contributed by atoms with Gasteiger partial charge in [0, 0.05) is 24.9 Å². The molecule has 0 spiro atoms. The van der Waals surface area contributed by atoms with Gasteiger partial charge in [-0.05, 0) is 49.4 Å². The van der Waals surface area contributed by atoms with Gasteiger partial charge in [-0.25, -0.2) is 4.68 Å². The van der Waals surface area contributed by atoms with E-state index in [0.29, 0.717) is 6.54 Å². The maximum Gasteiger partial charge on any atom is 0.223 e. The third-order valence-electron chi connectivity index (χ3n) is 4.06. The first kappa shape index (κ1) is 14.6. The lowest BCUT2D eigenvalue weighted by Gasteiger charge is -2.17. The summed E-state index contributed by atoms with van der Waals surface area (Å²) in [5.74, 6) is 0.352. The van der Waals surface area contributed by atoms with Crippen LogP contribution in [0.3, 0.4) is 0 Å². The minimum absolute atomic E-state index is 0.159. The first-order valence-corrected chi connectivity index (χ1v) is 7.84. The summed E-state index contributed by atoms with van der Waals surface area (Å²) in [6.45, 7) is 0.695. The Labute approximate surface area is 130 Å². The number of carbonyl (C=O) groups excluding carboxylic acids is 1. The molecule has 0 bridgehead atoms. The summed E-state index contributed by atoms with van der Waals surface area (Å²) in [4.78, 5) is 12.0. The van der Waals surface area contributed by atoms with Gasteiger partial charge in [0.25, 0.3) is 0 Å². The Hall–Kier alpha value is -2.36. The zero-order valence-electron chi connectivity index (χ0n) is 12.6. The Kier molecular flexibility index (Phi) is 4.68. The molecule has 0 fully saturated rings. The molecule has 1 aromatic carbocycles. The average Bonchev–Trinajstić information content (AvgIpc) is 3.11. The lowest BCUT2D eigenvalue weighted by Crippen LogP contribution is -2.32. The number of carbonyl (C=O) groups is 1. The highest BCUT2D eigenvalue weighted by Gasteiger charge is 2.17. The summed E-state index contributed by atoms with van der Waals surface area (Å²) in [6, 6.07) is 10.2. The van der Waals surface area contributed by atoms with Crippen molar-refractivity contribution in [2.24, 2.45) is 5.92 Å². The van der Waals surface area contributed by atoms with Crippen LogP contribution in [-0.2, 0) is 11.2 Å². The summed E-state index contributed by atoms with van der Waals surface area (Å²) in [5, 5.41) is 7.26. The number of hydrogen-bond acceptors (Lipinski definition) is 2. The molecule has 3 rings (SSSR count). The van der Waals surface area contributed by atoms with E-state index in [1.807, 2.05) is 16.9 Å². The van der Waals surface area contributed by atoms with Gasteiger partial charge in [0.05, 0.1) is 5.69 Å². The van der Waals surface area contributed by atoms with Gasteiger partial charge >= 0.3 is 0 Å². The molecule has 1 aromatic heterocycles. The van der Waals surface area contributed by atoms with E-state index in [-0.39, 0.29) is 11.8 Å². The van der Waals surface area contributed by atoms with Crippen molar-refractivity contribution in [3.63, 3.8) is 0 Å². The lowest BCUT2D eigenvalue weighted by atomic mass is 9.93. The molecule has 4 heteroatoms. The molecule has 1 aliphatic rings. The molecule has 1 amide bonds. The van der Waals surface area contributed by atoms with Crippen molar-refractivity contribution in [2.45, 2.75) is 25.7 Å². The molecule has 0 saturated heterocycles. The Balaban J connectivity index is 1.47. The van der Waals surface area contributed by atoms with Crippen molar-refractivity contribution in [1.82, 2.24) is 15.1 Å². The minimum atomic E-state index is 0.159. The molecule has 2 aromatic rings. The summed E-state index contributed by atoms with van der Waals surface area (Å²) >= 11 is 0. The minimum Gasteiger partial charge on any atom is -0.356 e. The van der Waals surface area contributed by atoms with Gasteiger partial charge in [-0.15, -0.1) is 0 Å². The van der Waals surface area contributed by atoms with Crippen LogP contribution in [0.4, 0.5) is 0 Å². The molecule has 114 valence electrons. The standard InChI is InChI=1S/C18H21N3O/c22-18(16-5-2-1-3-6-16)19-13-11-15-7-9-17(10-8-15)21-14-4-12-20-21/h1-2,4,7-10,12,14,16H,3,5-6,11,13H2,(H,19,22)/t16-/m0/s1. The highest BCUT2D eigenvalue weighted by Crippen LogP contribution is 2.18. The van der Waals surface area contributed by atoms with Gasteiger partial charge in [-0.2, -0.15) is 5.10 Å². The molecule has 1 heterocycles. The van der Waals surface area contributed by atoms with Crippen molar-refractivity contribution in [3.05, 3.63) is 60.4 Å². The second-order valence-corrected chi connectivity index (χ2v) is 5.64. The van der Waals surface area contributed by atoms with Crippen LogP contribution in [-0.4, -0.2) is 22.2 Å². The molecule has 4 nitrogen and oxygen atoms in total. The number of rotatable bonds is 5. The SMILES string of the molecule is O=C(NCCc1ccc(-n2cccn2)cc1)[C@H]1CC=CCC1.